The minimum absolute atomic E-state index is 1.23. The average Bonchev–Trinajstić information content (AvgIpc) is 3.54. The number of hydrogen-bond acceptors (Lipinski definition) is 0. The number of allylic oxidation sites excluding steroid dienone is 5. The first kappa shape index (κ1) is 49.4. The molecule has 16 aromatic carbocycles. The smallest absolute Gasteiger partial charge is 0.00201 e. The molecule has 0 nitrogen and oxygen atoms in total. The molecule has 16 aromatic rings. The first-order valence-electron chi connectivity index (χ1n) is 28.8. The molecule has 0 spiro atoms. The van der Waals surface area contributed by atoms with Crippen LogP contribution in [0.5, 0.6) is 0 Å². The highest BCUT2D eigenvalue weighted by Crippen LogP contribution is 2.47. The zero-order chi connectivity index (χ0) is 55.2. The highest BCUT2D eigenvalue weighted by Gasteiger charge is 2.20. The zero-order valence-corrected chi connectivity index (χ0v) is 46.1. The summed E-state index contributed by atoms with van der Waals surface area (Å²) < 4.78 is 0. The van der Waals surface area contributed by atoms with Gasteiger partial charge < -0.3 is 0 Å². The fourth-order valence-corrected chi connectivity index (χ4v) is 13.1. The normalized spacial score (nSPS) is 12.0. The van der Waals surface area contributed by atoms with Crippen molar-refractivity contribution >= 4 is 114 Å². The summed E-state index contributed by atoms with van der Waals surface area (Å²) in [6.45, 7) is 2.03. The zero-order valence-electron chi connectivity index (χ0n) is 46.1. The Bertz CT molecular complexity index is 5280. The number of fused-ring (bicyclic) bond motifs is 11. The molecule has 0 amide bonds. The second-order valence-corrected chi connectivity index (χ2v) is 21.8. The van der Waals surface area contributed by atoms with Gasteiger partial charge in [0.2, 0.25) is 0 Å². The number of benzene rings is 16. The minimum atomic E-state index is 1.23. The standard InChI is InChI=1S/C44H28.C39H28/c1-4-12-32-25-35(20-17-29(32)9-1)36-23-24-41-42(28-36)44(38-22-19-31-11-3-6-14-34(31)27-38)40-16-8-7-15-39(40)43(41)37-21-18-30-10-2-5-13-33(30)26-37;1-2-3-4-5-6-16-30-31-17-9-11-19-35(31)39(36-20-12-10-18-32(30)36)37-22-13-21-33-34(37)24-23-29-25-27-14-7-8-15-28(27)26-38(29)33/h1-28H;2-26H,1H3/b;3-2-,5-4-,16-6+. The monoisotopic (exact) mass is 1050 g/mol. The lowest BCUT2D eigenvalue weighted by Gasteiger charge is -2.19. The van der Waals surface area contributed by atoms with Crippen molar-refractivity contribution in [2.24, 2.45) is 0 Å². The molecule has 0 aliphatic carbocycles. The van der Waals surface area contributed by atoms with E-state index in [1.54, 1.807) is 0 Å². The molecule has 0 fully saturated rings. The van der Waals surface area contributed by atoms with Gasteiger partial charge in [0.1, 0.15) is 0 Å². The molecule has 0 radical (unpaired) electrons. The van der Waals surface area contributed by atoms with E-state index >= 15 is 0 Å². The van der Waals surface area contributed by atoms with Crippen LogP contribution in [0.4, 0.5) is 0 Å². The maximum absolute atomic E-state index is 2.42. The number of rotatable bonds is 7. The third kappa shape index (κ3) is 8.90. The summed E-state index contributed by atoms with van der Waals surface area (Å²) >= 11 is 0. The van der Waals surface area contributed by atoms with Crippen LogP contribution in [0.25, 0.3) is 158 Å². The lowest BCUT2D eigenvalue weighted by Crippen LogP contribution is -1.92. The van der Waals surface area contributed by atoms with E-state index in [-0.39, 0.29) is 0 Å². The van der Waals surface area contributed by atoms with E-state index in [0.717, 1.165) is 0 Å². The Morgan fingerprint density at radius 1 is 0.205 bits per heavy atom. The van der Waals surface area contributed by atoms with Crippen LogP contribution < -0.4 is 0 Å². The Labute approximate surface area is 483 Å². The second-order valence-electron chi connectivity index (χ2n) is 21.8. The van der Waals surface area contributed by atoms with Crippen LogP contribution in [-0.4, -0.2) is 0 Å². The summed E-state index contributed by atoms with van der Waals surface area (Å²) in [5, 5.41) is 25.4. The molecule has 0 aromatic heterocycles. The van der Waals surface area contributed by atoms with Gasteiger partial charge in [-0.2, -0.15) is 0 Å². The van der Waals surface area contributed by atoms with E-state index in [9.17, 15) is 0 Å². The van der Waals surface area contributed by atoms with Crippen molar-refractivity contribution in [1.29, 1.82) is 0 Å². The molecule has 0 unspecified atom stereocenters. The largest absolute Gasteiger partial charge is 0.0877 e. The molecule has 0 atom stereocenters. The van der Waals surface area contributed by atoms with Gasteiger partial charge in [-0.1, -0.05) is 285 Å². The Hall–Kier alpha value is -10.7. The Balaban J connectivity index is 0.000000143. The SMILES string of the molecule is C\C=C/C=C\C=C\c1c2ccccc2c(-c2cccc3c2ccc2cc4ccccc4cc23)c2ccccc12.c1ccc2cc(-c3ccc4c(-c5ccc6ccccc6c5)c5ccccc5c(-c5ccc6ccccc6c5)c4c3)ccc2c1. The Morgan fingerprint density at radius 3 is 1.16 bits per heavy atom. The molecule has 0 aliphatic rings. The summed E-state index contributed by atoms with van der Waals surface area (Å²) in [6.07, 6.45) is 12.6. The quantitative estimate of drug-likeness (QED) is 0.0848. The molecule has 0 heteroatoms. The van der Waals surface area contributed by atoms with Crippen LogP contribution >= 0.6 is 0 Å². The van der Waals surface area contributed by atoms with E-state index < -0.39 is 0 Å². The van der Waals surface area contributed by atoms with Crippen LogP contribution in [0.1, 0.15) is 12.5 Å². The van der Waals surface area contributed by atoms with E-state index in [0.29, 0.717) is 0 Å². The molecule has 16 rings (SSSR count). The van der Waals surface area contributed by atoms with Gasteiger partial charge in [0.25, 0.3) is 0 Å². The fraction of sp³-hybridized carbons (Fsp3) is 0.0120. The van der Waals surface area contributed by atoms with E-state index in [4.69, 9.17) is 0 Å². The first-order chi connectivity index (χ1) is 41.1. The van der Waals surface area contributed by atoms with Crippen LogP contribution in [0.15, 0.2) is 315 Å². The second kappa shape index (κ2) is 21.1. The minimum Gasteiger partial charge on any atom is -0.0877 e. The van der Waals surface area contributed by atoms with Gasteiger partial charge in [0, 0.05) is 0 Å². The third-order valence-corrected chi connectivity index (χ3v) is 17.0. The summed E-state index contributed by atoms with van der Waals surface area (Å²) in [5.74, 6) is 0. The van der Waals surface area contributed by atoms with Crippen LogP contribution in [0.2, 0.25) is 0 Å². The number of hydrogen-bond donors (Lipinski definition) is 0. The highest BCUT2D eigenvalue weighted by molar-refractivity contribution is 6.25. The van der Waals surface area contributed by atoms with Crippen molar-refractivity contribution in [3.63, 3.8) is 0 Å². The Kier molecular flexibility index (Phi) is 12.6. The van der Waals surface area contributed by atoms with Gasteiger partial charge in [-0.15, -0.1) is 0 Å². The summed E-state index contributed by atoms with van der Waals surface area (Å²) in [7, 11) is 0. The van der Waals surface area contributed by atoms with E-state index in [1.807, 2.05) is 13.0 Å². The molecular formula is C83H56. The predicted molar refractivity (Wildman–Crippen MR) is 363 cm³/mol. The molecule has 0 N–H and O–H groups in total. The Morgan fingerprint density at radius 2 is 0.590 bits per heavy atom. The maximum atomic E-state index is 2.42. The lowest BCUT2D eigenvalue weighted by molar-refractivity contribution is 1.66. The van der Waals surface area contributed by atoms with Crippen molar-refractivity contribution in [3.05, 3.63) is 321 Å². The fourth-order valence-electron chi connectivity index (χ4n) is 13.1. The van der Waals surface area contributed by atoms with Gasteiger partial charge >= 0.3 is 0 Å². The molecule has 0 heterocycles. The van der Waals surface area contributed by atoms with Crippen LogP contribution in [0.3, 0.4) is 0 Å². The molecule has 0 saturated heterocycles. The van der Waals surface area contributed by atoms with E-state index in [2.05, 4.69) is 315 Å². The first-order valence-corrected chi connectivity index (χ1v) is 28.8. The van der Waals surface area contributed by atoms with Crippen molar-refractivity contribution in [3.8, 4) is 44.5 Å². The highest BCUT2D eigenvalue weighted by atomic mass is 14.2. The summed E-state index contributed by atoms with van der Waals surface area (Å²) in [6, 6.07) is 105. The van der Waals surface area contributed by atoms with Gasteiger partial charge in [0.15, 0.2) is 0 Å². The topological polar surface area (TPSA) is 0 Å². The molecule has 388 valence electrons. The van der Waals surface area contributed by atoms with Gasteiger partial charge in [-0.3, -0.25) is 0 Å². The average molecular weight is 1050 g/mol. The van der Waals surface area contributed by atoms with Gasteiger partial charge in [0.05, 0.1) is 0 Å². The summed E-state index contributed by atoms with van der Waals surface area (Å²) in [5.41, 5.74) is 11.4. The van der Waals surface area contributed by atoms with Gasteiger partial charge in [-0.25, -0.2) is 0 Å². The molecule has 0 aliphatic heterocycles. The van der Waals surface area contributed by atoms with Crippen LogP contribution in [-0.2, 0) is 0 Å². The summed E-state index contributed by atoms with van der Waals surface area (Å²) in [4.78, 5) is 0. The predicted octanol–water partition coefficient (Wildman–Crippen LogP) is 23.7. The molecule has 0 bridgehead atoms. The van der Waals surface area contributed by atoms with E-state index in [1.165, 1.54) is 158 Å². The van der Waals surface area contributed by atoms with Crippen LogP contribution in [0, 0.1) is 0 Å². The van der Waals surface area contributed by atoms with Crippen molar-refractivity contribution in [1.82, 2.24) is 0 Å². The van der Waals surface area contributed by atoms with Crippen molar-refractivity contribution in [2.45, 2.75) is 6.92 Å². The van der Waals surface area contributed by atoms with Crippen molar-refractivity contribution < 1.29 is 0 Å². The third-order valence-electron chi connectivity index (χ3n) is 17.0. The molecular weight excluding hydrogens is 997 g/mol. The lowest BCUT2D eigenvalue weighted by atomic mass is 9.84. The maximum Gasteiger partial charge on any atom is -0.00201 e. The molecule has 0 saturated carbocycles. The van der Waals surface area contributed by atoms with Gasteiger partial charge in [-0.05, 0) is 201 Å². The molecule has 83 heavy (non-hydrogen) atoms. The van der Waals surface area contributed by atoms with Crippen molar-refractivity contribution in [2.75, 3.05) is 0 Å².